The van der Waals surface area contributed by atoms with Gasteiger partial charge in [0.2, 0.25) is 0 Å². The SMILES string of the molecule is CSCCCCCCN=C(N)N1CCN(c2ccc(F)cc2)CC1.I. The summed E-state index contributed by atoms with van der Waals surface area (Å²) in [6, 6.07) is 6.69. The predicted molar refractivity (Wildman–Crippen MR) is 119 cm³/mol. The van der Waals surface area contributed by atoms with Crippen molar-refractivity contribution >= 4 is 47.4 Å². The zero-order chi connectivity index (χ0) is 17.2. The van der Waals surface area contributed by atoms with E-state index in [0.717, 1.165) is 44.8 Å². The van der Waals surface area contributed by atoms with Crippen LogP contribution in [-0.2, 0) is 0 Å². The Labute approximate surface area is 172 Å². The lowest BCUT2D eigenvalue weighted by molar-refractivity contribution is 0.380. The number of guanidine groups is 1. The average molecular weight is 480 g/mol. The summed E-state index contributed by atoms with van der Waals surface area (Å²) in [5.74, 6) is 1.73. The standard InChI is InChI=1S/C18H29FN4S.HI/c1-24-15-5-3-2-4-10-21-18(20)23-13-11-22(12-14-23)17-8-6-16(19)7-9-17;/h6-9H,2-5,10-15H2,1H3,(H2,20,21);1H. The summed E-state index contributed by atoms with van der Waals surface area (Å²) in [5.41, 5.74) is 7.19. The summed E-state index contributed by atoms with van der Waals surface area (Å²) in [5, 5.41) is 0. The molecular weight excluding hydrogens is 450 g/mol. The van der Waals surface area contributed by atoms with E-state index in [1.165, 1.54) is 37.1 Å². The van der Waals surface area contributed by atoms with Gasteiger partial charge in [-0.15, -0.1) is 24.0 Å². The van der Waals surface area contributed by atoms with Crippen LogP contribution in [0.2, 0.25) is 0 Å². The molecule has 1 aromatic carbocycles. The van der Waals surface area contributed by atoms with Crippen molar-refractivity contribution in [2.75, 3.05) is 49.6 Å². The molecule has 0 unspecified atom stereocenters. The minimum atomic E-state index is -0.192. The maximum absolute atomic E-state index is 13.0. The number of anilines is 1. The predicted octanol–water partition coefficient (Wildman–Crippen LogP) is 3.80. The monoisotopic (exact) mass is 480 g/mol. The van der Waals surface area contributed by atoms with E-state index < -0.39 is 0 Å². The smallest absolute Gasteiger partial charge is 0.191 e. The number of rotatable bonds is 8. The molecule has 0 spiro atoms. The van der Waals surface area contributed by atoms with Crippen molar-refractivity contribution in [3.05, 3.63) is 30.1 Å². The normalized spacial score (nSPS) is 15.2. The fourth-order valence-electron chi connectivity index (χ4n) is 2.85. The lowest BCUT2D eigenvalue weighted by Crippen LogP contribution is -2.51. The van der Waals surface area contributed by atoms with Crippen LogP contribution in [0.5, 0.6) is 0 Å². The highest BCUT2D eigenvalue weighted by atomic mass is 127. The van der Waals surface area contributed by atoms with Crippen molar-refractivity contribution in [2.45, 2.75) is 25.7 Å². The van der Waals surface area contributed by atoms with Gasteiger partial charge in [-0.3, -0.25) is 4.99 Å². The lowest BCUT2D eigenvalue weighted by Gasteiger charge is -2.36. The minimum Gasteiger partial charge on any atom is -0.370 e. The van der Waals surface area contributed by atoms with Crippen LogP contribution in [0.4, 0.5) is 10.1 Å². The van der Waals surface area contributed by atoms with Gasteiger partial charge in [0.1, 0.15) is 5.82 Å². The summed E-state index contributed by atoms with van der Waals surface area (Å²) in [6.45, 7) is 4.32. The molecule has 0 bridgehead atoms. The van der Waals surface area contributed by atoms with Crippen LogP contribution in [0, 0.1) is 5.82 Å². The average Bonchev–Trinajstić information content (AvgIpc) is 2.61. The molecule has 7 heteroatoms. The van der Waals surface area contributed by atoms with Crippen LogP contribution in [0.25, 0.3) is 0 Å². The molecule has 1 aliphatic heterocycles. The first-order valence-corrected chi connectivity index (χ1v) is 10.1. The molecule has 0 radical (unpaired) electrons. The number of piperazine rings is 1. The van der Waals surface area contributed by atoms with Crippen LogP contribution in [0.3, 0.4) is 0 Å². The first kappa shape index (κ1) is 22.3. The molecule has 1 saturated heterocycles. The third kappa shape index (κ3) is 8.02. The summed E-state index contributed by atoms with van der Waals surface area (Å²) in [6.07, 6.45) is 7.08. The van der Waals surface area contributed by atoms with Gasteiger partial charge in [0, 0.05) is 38.4 Å². The molecule has 0 saturated carbocycles. The van der Waals surface area contributed by atoms with Crippen LogP contribution in [0.15, 0.2) is 29.3 Å². The van der Waals surface area contributed by atoms with Gasteiger partial charge in [-0.05, 0) is 49.1 Å². The second-order valence-electron chi connectivity index (χ2n) is 6.10. The van der Waals surface area contributed by atoms with Gasteiger partial charge in [0.15, 0.2) is 5.96 Å². The summed E-state index contributed by atoms with van der Waals surface area (Å²) >= 11 is 1.91. The molecule has 4 nitrogen and oxygen atoms in total. The van der Waals surface area contributed by atoms with Crippen molar-refractivity contribution in [1.29, 1.82) is 0 Å². The maximum atomic E-state index is 13.0. The lowest BCUT2D eigenvalue weighted by atomic mass is 10.2. The molecule has 2 N–H and O–H groups in total. The van der Waals surface area contributed by atoms with E-state index in [2.05, 4.69) is 21.0 Å². The van der Waals surface area contributed by atoms with E-state index in [0.29, 0.717) is 5.96 Å². The van der Waals surface area contributed by atoms with Gasteiger partial charge in [-0.2, -0.15) is 11.8 Å². The van der Waals surface area contributed by atoms with Crippen molar-refractivity contribution in [1.82, 2.24) is 4.90 Å². The number of hydrogen-bond acceptors (Lipinski definition) is 3. The van der Waals surface area contributed by atoms with Crippen molar-refractivity contribution in [2.24, 2.45) is 10.7 Å². The number of aliphatic imine (C=N–C) groups is 1. The molecule has 1 aliphatic rings. The number of unbranched alkanes of at least 4 members (excludes halogenated alkanes) is 3. The molecule has 25 heavy (non-hydrogen) atoms. The first-order chi connectivity index (χ1) is 11.7. The molecule has 0 amide bonds. The number of halogens is 2. The van der Waals surface area contributed by atoms with Crippen LogP contribution in [-0.4, -0.2) is 55.6 Å². The molecule has 1 heterocycles. The van der Waals surface area contributed by atoms with Gasteiger partial charge in [0.25, 0.3) is 0 Å². The molecule has 1 aromatic rings. The van der Waals surface area contributed by atoms with E-state index >= 15 is 0 Å². The van der Waals surface area contributed by atoms with E-state index in [4.69, 9.17) is 5.73 Å². The summed E-state index contributed by atoms with van der Waals surface area (Å²) < 4.78 is 13.0. The van der Waals surface area contributed by atoms with Crippen molar-refractivity contribution < 1.29 is 4.39 Å². The Morgan fingerprint density at radius 3 is 2.36 bits per heavy atom. The second-order valence-corrected chi connectivity index (χ2v) is 7.08. The van der Waals surface area contributed by atoms with Crippen LogP contribution in [0.1, 0.15) is 25.7 Å². The molecule has 142 valence electrons. The van der Waals surface area contributed by atoms with E-state index in [9.17, 15) is 4.39 Å². The van der Waals surface area contributed by atoms with Crippen molar-refractivity contribution in [3.8, 4) is 0 Å². The topological polar surface area (TPSA) is 44.9 Å². The van der Waals surface area contributed by atoms with Gasteiger partial charge in [-0.1, -0.05) is 12.8 Å². The highest BCUT2D eigenvalue weighted by Gasteiger charge is 2.18. The molecular formula is C18H30FIN4S. The Hall–Kier alpha value is -0.700. The molecule has 2 rings (SSSR count). The third-order valence-electron chi connectivity index (χ3n) is 4.33. The summed E-state index contributed by atoms with van der Waals surface area (Å²) in [7, 11) is 0. The number of thioether (sulfide) groups is 1. The number of nitrogens with zero attached hydrogens (tertiary/aromatic N) is 3. The van der Waals surface area contributed by atoms with E-state index in [1.807, 2.05) is 23.9 Å². The first-order valence-electron chi connectivity index (χ1n) is 8.75. The van der Waals surface area contributed by atoms with Crippen LogP contribution >= 0.6 is 35.7 Å². The maximum Gasteiger partial charge on any atom is 0.191 e. The zero-order valence-electron chi connectivity index (χ0n) is 15.0. The fourth-order valence-corrected chi connectivity index (χ4v) is 3.34. The largest absolute Gasteiger partial charge is 0.370 e. The molecule has 1 fully saturated rings. The fraction of sp³-hybridized carbons (Fsp3) is 0.611. The number of benzene rings is 1. The van der Waals surface area contributed by atoms with Gasteiger partial charge in [-0.25, -0.2) is 4.39 Å². The van der Waals surface area contributed by atoms with Gasteiger partial charge in [0.05, 0.1) is 0 Å². The van der Waals surface area contributed by atoms with E-state index in [-0.39, 0.29) is 29.8 Å². The van der Waals surface area contributed by atoms with Gasteiger partial charge >= 0.3 is 0 Å². The Morgan fingerprint density at radius 2 is 1.72 bits per heavy atom. The molecule has 0 aliphatic carbocycles. The quantitative estimate of drug-likeness (QED) is 0.266. The third-order valence-corrected chi connectivity index (χ3v) is 5.02. The zero-order valence-corrected chi connectivity index (χ0v) is 18.1. The Kier molecular flexibility index (Phi) is 11.3. The Balaban J connectivity index is 0.00000312. The van der Waals surface area contributed by atoms with Crippen LogP contribution < -0.4 is 10.6 Å². The van der Waals surface area contributed by atoms with Crippen molar-refractivity contribution in [3.63, 3.8) is 0 Å². The second kappa shape index (κ2) is 12.6. The minimum absolute atomic E-state index is 0. The van der Waals surface area contributed by atoms with Gasteiger partial charge < -0.3 is 15.5 Å². The highest BCUT2D eigenvalue weighted by molar-refractivity contribution is 14.0. The van der Waals surface area contributed by atoms with E-state index in [1.54, 1.807) is 0 Å². The number of hydrogen-bond donors (Lipinski definition) is 1. The molecule has 0 atom stereocenters. The Bertz CT molecular complexity index is 504. The number of nitrogens with two attached hydrogens (primary N) is 1. The Morgan fingerprint density at radius 1 is 1.08 bits per heavy atom. The highest BCUT2D eigenvalue weighted by Crippen LogP contribution is 2.16. The molecule has 0 aromatic heterocycles. The summed E-state index contributed by atoms with van der Waals surface area (Å²) in [4.78, 5) is 8.93.